The molecule has 2 aromatic heterocycles. The molecule has 1 amide bonds. The van der Waals surface area contributed by atoms with E-state index in [2.05, 4.69) is 20.1 Å². The third-order valence-electron chi connectivity index (χ3n) is 8.09. The van der Waals surface area contributed by atoms with Gasteiger partial charge in [-0.05, 0) is 49.2 Å². The molecule has 1 aliphatic heterocycles. The third-order valence-corrected chi connectivity index (χ3v) is 8.09. The molecular formula is C31H28F6N4O5. The summed E-state index contributed by atoms with van der Waals surface area (Å²) >= 11 is 0. The number of nitrogens with zero attached hydrogens (tertiary/aromatic N) is 3. The van der Waals surface area contributed by atoms with Gasteiger partial charge < -0.3 is 24.6 Å². The van der Waals surface area contributed by atoms with Gasteiger partial charge in [-0.25, -0.2) is 9.37 Å². The number of aromatic nitrogens is 3. The van der Waals surface area contributed by atoms with Gasteiger partial charge in [0, 0.05) is 33.7 Å². The Bertz CT molecular complexity index is 1840. The van der Waals surface area contributed by atoms with Crippen molar-refractivity contribution in [2.75, 3.05) is 20.3 Å². The van der Waals surface area contributed by atoms with Gasteiger partial charge in [0.15, 0.2) is 11.6 Å². The Hall–Kier alpha value is -4.53. The number of amides is 1. The van der Waals surface area contributed by atoms with Crippen molar-refractivity contribution in [1.29, 1.82) is 0 Å². The normalized spacial score (nSPS) is 17.0. The van der Waals surface area contributed by atoms with E-state index in [0.29, 0.717) is 10.9 Å². The molecule has 0 spiro atoms. The lowest BCUT2D eigenvalue weighted by Gasteiger charge is -2.31. The molecule has 1 fully saturated rings. The van der Waals surface area contributed by atoms with E-state index in [9.17, 15) is 36.2 Å². The average molecular weight is 651 g/mol. The number of ether oxygens (including phenoxy) is 3. The number of hydrogen-bond acceptors (Lipinski definition) is 7. The summed E-state index contributed by atoms with van der Waals surface area (Å²) < 4.78 is 101. The number of methoxy groups -OCH3 is 1. The molecule has 9 nitrogen and oxygen atoms in total. The minimum atomic E-state index is -5.35. The standard InChI is InChI=1S/C31H28F6N4O5/c1-29(2)14-45-26-19(29)11-23(39-25(26)15-4-7-21(20(32)9-15)46-28(33)34)30(43,31(35,36)37)13-38-27(42)16-8-17-12-41(18-5-6-18)40-24(17)22(10-16)44-3/h4,7-12,18,28,43H,5-6,13-14H2,1-3H3,(H,38,42)/t30-/m0/s1. The fraction of sp³-hybridized carbons (Fsp3) is 0.387. The van der Waals surface area contributed by atoms with Crippen LogP contribution in [0.1, 0.15) is 54.3 Å². The zero-order chi connectivity index (χ0) is 33.2. The quantitative estimate of drug-likeness (QED) is 0.213. The molecular weight excluding hydrogens is 622 g/mol. The highest BCUT2D eigenvalue weighted by Gasteiger charge is 2.57. The number of hydrogen-bond donors (Lipinski definition) is 2. The van der Waals surface area contributed by atoms with E-state index in [1.54, 1.807) is 24.7 Å². The number of halogens is 6. The largest absolute Gasteiger partial charge is 0.494 e. The third kappa shape index (κ3) is 5.56. The molecule has 1 saturated carbocycles. The highest BCUT2D eigenvalue weighted by molar-refractivity contribution is 6.00. The van der Waals surface area contributed by atoms with Crippen LogP contribution in [0.25, 0.3) is 22.2 Å². The van der Waals surface area contributed by atoms with Gasteiger partial charge in [-0.3, -0.25) is 9.48 Å². The lowest BCUT2D eigenvalue weighted by atomic mass is 9.84. The number of alkyl halides is 5. The highest BCUT2D eigenvalue weighted by Crippen LogP contribution is 2.48. The predicted octanol–water partition coefficient (Wildman–Crippen LogP) is 6.03. The van der Waals surface area contributed by atoms with Gasteiger partial charge in [0.1, 0.15) is 22.7 Å². The number of carbonyl (C=O) groups is 1. The van der Waals surface area contributed by atoms with Gasteiger partial charge in [0.25, 0.3) is 5.91 Å². The fourth-order valence-electron chi connectivity index (χ4n) is 5.34. The molecule has 6 rings (SSSR count). The zero-order valence-electron chi connectivity index (χ0n) is 24.7. The van der Waals surface area contributed by atoms with Crippen LogP contribution in [0.5, 0.6) is 17.2 Å². The van der Waals surface area contributed by atoms with Gasteiger partial charge in [-0.1, -0.05) is 13.8 Å². The van der Waals surface area contributed by atoms with Crippen LogP contribution < -0.4 is 19.5 Å². The monoisotopic (exact) mass is 650 g/mol. The van der Waals surface area contributed by atoms with Crippen molar-refractivity contribution in [3.8, 4) is 28.5 Å². The summed E-state index contributed by atoms with van der Waals surface area (Å²) in [5.41, 5.74) is -5.14. The van der Waals surface area contributed by atoms with Crippen molar-refractivity contribution in [2.45, 2.75) is 56.5 Å². The summed E-state index contributed by atoms with van der Waals surface area (Å²) in [6.07, 6.45) is -1.72. The second-order valence-corrected chi connectivity index (χ2v) is 11.9. The molecule has 0 bridgehead atoms. The van der Waals surface area contributed by atoms with Crippen molar-refractivity contribution in [2.24, 2.45) is 0 Å². The van der Waals surface area contributed by atoms with Gasteiger partial charge >= 0.3 is 12.8 Å². The van der Waals surface area contributed by atoms with Crippen molar-refractivity contribution < 1.29 is 50.5 Å². The van der Waals surface area contributed by atoms with Gasteiger partial charge in [-0.2, -0.15) is 27.1 Å². The first-order chi connectivity index (χ1) is 21.6. The molecule has 2 aromatic carbocycles. The maximum absolute atomic E-state index is 14.7. The summed E-state index contributed by atoms with van der Waals surface area (Å²) in [5, 5.41) is 18.5. The van der Waals surface area contributed by atoms with E-state index in [1.807, 2.05) is 0 Å². The first-order valence-corrected chi connectivity index (χ1v) is 14.2. The first kappa shape index (κ1) is 31.5. The molecule has 2 aliphatic rings. The van der Waals surface area contributed by atoms with Crippen LogP contribution in [0, 0.1) is 5.82 Å². The van der Waals surface area contributed by atoms with Crippen molar-refractivity contribution in [1.82, 2.24) is 20.1 Å². The number of fused-ring (bicyclic) bond motifs is 2. The van der Waals surface area contributed by atoms with Crippen LogP contribution in [0.3, 0.4) is 0 Å². The first-order valence-electron chi connectivity index (χ1n) is 14.2. The molecule has 46 heavy (non-hydrogen) atoms. The second kappa shape index (κ2) is 11.1. The highest BCUT2D eigenvalue weighted by atomic mass is 19.4. The smallest absolute Gasteiger partial charge is 0.424 e. The lowest BCUT2D eigenvalue weighted by molar-refractivity contribution is -0.265. The number of carbonyl (C=O) groups excluding carboxylic acids is 1. The Balaban J connectivity index is 1.37. The minimum Gasteiger partial charge on any atom is -0.494 e. The van der Waals surface area contributed by atoms with Crippen LogP contribution in [-0.2, 0) is 11.0 Å². The van der Waals surface area contributed by atoms with Crippen molar-refractivity contribution in [3.63, 3.8) is 0 Å². The minimum absolute atomic E-state index is 0.0251. The summed E-state index contributed by atoms with van der Waals surface area (Å²) in [7, 11) is 1.38. The SMILES string of the molecule is COc1cc(C(=O)NC[C@](O)(c2cc3c(c(-c4ccc(OC(F)F)c(F)c4)n2)OCC3(C)C)C(F)(F)F)cc2cn(C3CC3)nc12. The van der Waals surface area contributed by atoms with Gasteiger partial charge in [0.05, 0.1) is 32.0 Å². The number of pyridine rings is 1. The van der Waals surface area contributed by atoms with E-state index in [0.717, 1.165) is 37.1 Å². The molecule has 15 heteroatoms. The molecule has 0 saturated heterocycles. The Morgan fingerprint density at radius 3 is 2.54 bits per heavy atom. The zero-order valence-corrected chi connectivity index (χ0v) is 24.7. The van der Waals surface area contributed by atoms with Crippen molar-refractivity contribution >= 4 is 16.8 Å². The lowest BCUT2D eigenvalue weighted by Crippen LogP contribution is -2.51. The maximum atomic E-state index is 14.7. The van der Waals surface area contributed by atoms with Crippen LogP contribution in [0.4, 0.5) is 26.3 Å². The van der Waals surface area contributed by atoms with Gasteiger partial charge in [-0.15, -0.1) is 0 Å². The molecule has 244 valence electrons. The summed E-state index contributed by atoms with van der Waals surface area (Å²) in [6, 6.07) is 6.86. The summed E-state index contributed by atoms with van der Waals surface area (Å²) in [4.78, 5) is 17.3. The van der Waals surface area contributed by atoms with E-state index >= 15 is 0 Å². The summed E-state index contributed by atoms with van der Waals surface area (Å²) in [5.74, 6) is -2.64. The number of nitrogens with one attached hydrogen (secondary N) is 1. The van der Waals surface area contributed by atoms with Crippen LogP contribution in [-0.4, -0.2) is 58.8 Å². The van der Waals surface area contributed by atoms with Crippen molar-refractivity contribution in [3.05, 3.63) is 65.2 Å². The average Bonchev–Trinajstić information content (AvgIpc) is 3.68. The molecule has 0 radical (unpaired) electrons. The molecule has 3 heterocycles. The summed E-state index contributed by atoms with van der Waals surface area (Å²) in [6.45, 7) is -1.24. The second-order valence-electron chi connectivity index (χ2n) is 11.9. The van der Waals surface area contributed by atoms with E-state index in [1.165, 1.54) is 19.2 Å². The van der Waals surface area contributed by atoms with Gasteiger partial charge in [0.2, 0.25) is 5.60 Å². The predicted molar refractivity (Wildman–Crippen MR) is 152 cm³/mol. The molecule has 4 aromatic rings. The van der Waals surface area contributed by atoms with Crippen LogP contribution in [0.15, 0.2) is 42.6 Å². The molecule has 1 aliphatic carbocycles. The van der Waals surface area contributed by atoms with Crippen LogP contribution in [0.2, 0.25) is 0 Å². The number of benzene rings is 2. The molecule has 1 atom stereocenters. The molecule has 0 unspecified atom stereocenters. The van der Waals surface area contributed by atoms with E-state index in [-0.39, 0.29) is 46.5 Å². The fourth-order valence-corrected chi connectivity index (χ4v) is 5.34. The topological polar surface area (TPSA) is 108 Å². The Morgan fingerprint density at radius 2 is 1.91 bits per heavy atom. The van der Waals surface area contributed by atoms with Crippen LogP contribution >= 0.6 is 0 Å². The maximum Gasteiger partial charge on any atom is 0.424 e. The Morgan fingerprint density at radius 1 is 1.17 bits per heavy atom. The number of rotatable bonds is 9. The van der Waals surface area contributed by atoms with E-state index in [4.69, 9.17) is 9.47 Å². The Labute approximate surface area is 258 Å². The van der Waals surface area contributed by atoms with E-state index < -0.39 is 53.5 Å². The number of aliphatic hydroxyl groups is 1. The molecule has 2 N–H and O–H groups in total. The Kier molecular flexibility index (Phi) is 7.57.